The van der Waals surface area contributed by atoms with Crippen molar-refractivity contribution in [2.75, 3.05) is 9.80 Å². The predicted molar refractivity (Wildman–Crippen MR) is 346 cm³/mol. The van der Waals surface area contributed by atoms with Crippen LogP contribution in [-0.4, -0.2) is 19.1 Å². The molecule has 2 aliphatic heterocycles. The van der Waals surface area contributed by atoms with E-state index >= 15 is 0 Å². The minimum atomic E-state index is 0.809. The van der Waals surface area contributed by atoms with Crippen LogP contribution in [0.5, 0.6) is 11.5 Å². The van der Waals surface area contributed by atoms with Crippen molar-refractivity contribution in [1.29, 1.82) is 0 Å². The molecule has 0 unspecified atom stereocenters. The predicted octanol–water partition coefficient (Wildman–Crippen LogP) is 20.8. The van der Waals surface area contributed by atoms with Crippen LogP contribution in [0.25, 0.3) is 99.5 Å². The van der Waals surface area contributed by atoms with Crippen molar-refractivity contribution in [2.45, 2.75) is 9.79 Å². The van der Waals surface area contributed by atoms with Gasteiger partial charge in [-0.2, -0.15) is 0 Å². The molecule has 0 N–H and O–H groups in total. The minimum absolute atomic E-state index is 0.809. The second-order valence-corrected chi connectivity index (χ2v) is 22.5. The summed E-state index contributed by atoms with van der Waals surface area (Å²) in [5, 5.41) is 4.89. The van der Waals surface area contributed by atoms with Gasteiger partial charge in [-0.1, -0.05) is 133 Å². The van der Waals surface area contributed by atoms with Crippen molar-refractivity contribution < 1.29 is 4.74 Å². The maximum Gasteiger partial charge on any atom is 0.152 e. The molecular weight excluding hydrogens is 1040 g/mol. The number of para-hydroxylation sites is 5. The lowest BCUT2D eigenvalue weighted by Crippen LogP contribution is -2.15. The van der Waals surface area contributed by atoms with Gasteiger partial charge in [0.25, 0.3) is 0 Å². The number of anilines is 6. The molecule has 11 aromatic carbocycles. The Balaban J connectivity index is 0.710. The van der Waals surface area contributed by atoms with E-state index in [1.807, 2.05) is 60.8 Å². The molecule has 4 aromatic heterocycles. The SMILES string of the molecule is c1ccc2c(c1)Oc1cc(-c3ccc4c(c3)c3ccccc3n4-c3ccc(-c4ccc5c(c4)Sc4cc(-n6c7ccccc7c7ccccc76)ccc4N5c4ccc(-c5ccncc5)cc4)cc3)ccc1N2c1ccc(-c2ccncc2)cc1. The molecule has 0 bridgehead atoms. The summed E-state index contributed by atoms with van der Waals surface area (Å²) < 4.78 is 11.5. The molecule has 0 atom stereocenters. The fourth-order valence-corrected chi connectivity index (χ4v) is 13.9. The molecule has 394 valence electrons. The normalized spacial score (nSPS) is 12.5. The van der Waals surface area contributed by atoms with Gasteiger partial charge in [0.05, 0.1) is 44.8 Å². The second-order valence-electron chi connectivity index (χ2n) is 21.4. The zero-order valence-electron chi connectivity index (χ0n) is 45.2. The van der Waals surface area contributed by atoms with Crippen molar-refractivity contribution in [2.24, 2.45) is 0 Å². The van der Waals surface area contributed by atoms with Crippen LogP contribution in [0.2, 0.25) is 0 Å². The van der Waals surface area contributed by atoms with Gasteiger partial charge in [-0.05, 0) is 190 Å². The van der Waals surface area contributed by atoms with Crippen molar-refractivity contribution in [3.05, 3.63) is 292 Å². The molecule has 6 heterocycles. The van der Waals surface area contributed by atoms with Gasteiger partial charge >= 0.3 is 0 Å². The minimum Gasteiger partial charge on any atom is -0.453 e. The molecule has 0 saturated carbocycles. The monoisotopic (exact) mass is 1090 g/mol. The Kier molecular flexibility index (Phi) is 11.0. The third-order valence-corrected chi connectivity index (χ3v) is 17.8. The quantitative estimate of drug-likeness (QED) is 0.151. The van der Waals surface area contributed by atoms with E-state index in [0.29, 0.717) is 0 Å². The first-order valence-electron chi connectivity index (χ1n) is 28.2. The highest BCUT2D eigenvalue weighted by Crippen LogP contribution is 2.55. The fraction of sp³-hybridized carbons (Fsp3) is 0. The molecule has 15 aromatic rings. The number of hydrogen-bond acceptors (Lipinski definition) is 6. The third-order valence-electron chi connectivity index (χ3n) is 16.7. The van der Waals surface area contributed by atoms with Crippen LogP contribution < -0.4 is 14.5 Å². The zero-order chi connectivity index (χ0) is 55.2. The van der Waals surface area contributed by atoms with Gasteiger partial charge in [-0.3, -0.25) is 9.97 Å². The van der Waals surface area contributed by atoms with Crippen LogP contribution in [0, 0.1) is 0 Å². The summed E-state index contributed by atoms with van der Waals surface area (Å²) in [5.41, 5.74) is 22.5. The summed E-state index contributed by atoms with van der Waals surface area (Å²) in [6.45, 7) is 0. The number of rotatable bonds is 8. The first-order valence-corrected chi connectivity index (χ1v) is 29.1. The van der Waals surface area contributed by atoms with E-state index in [2.05, 4.69) is 272 Å². The number of fused-ring (bicyclic) bond motifs is 10. The van der Waals surface area contributed by atoms with Gasteiger partial charge < -0.3 is 23.7 Å². The second kappa shape index (κ2) is 19.4. The van der Waals surface area contributed by atoms with Gasteiger partial charge in [-0.25, -0.2) is 0 Å². The Bertz CT molecular complexity index is 5020. The van der Waals surface area contributed by atoms with E-state index in [-0.39, 0.29) is 0 Å². The lowest BCUT2D eigenvalue weighted by atomic mass is 10.0. The van der Waals surface area contributed by atoms with E-state index in [0.717, 1.165) is 113 Å². The molecule has 8 heteroatoms. The molecule has 0 spiro atoms. The summed E-state index contributed by atoms with van der Waals surface area (Å²) in [6, 6.07) is 96.7. The molecule has 2 aliphatic rings. The van der Waals surface area contributed by atoms with Crippen LogP contribution in [0.1, 0.15) is 0 Å². The van der Waals surface area contributed by atoms with Crippen LogP contribution in [-0.2, 0) is 0 Å². The Morgan fingerprint density at radius 3 is 1.27 bits per heavy atom. The molecule has 0 fully saturated rings. The molecule has 7 nitrogen and oxygen atoms in total. The van der Waals surface area contributed by atoms with Crippen molar-refractivity contribution in [3.8, 4) is 67.4 Å². The van der Waals surface area contributed by atoms with Crippen molar-refractivity contribution in [1.82, 2.24) is 19.1 Å². The topological polar surface area (TPSA) is 51.4 Å². The fourth-order valence-electron chi connectivity index (χ4n) is 12.7. The average Bonchev–Trinajstić information content (AvgIpc) is 3.96. The van der Waals surface area contributed by atoms with Gasteiger partial charge in [-0.15, -0.1) is 0 Å². The summed E-state index contributed by atoms with van der Waals surface area (Å²) >= 11 is 1.84. The Labute approximate surface area is 489 Å². The standard InChI is InChI=1S/C76H48N6OS/c1-4-12-65-61(9-1)62-10-2-5-13-66(62)82(65)60-32-36-72-76(48-60)84-75-47-56(25-35-71(75)81(72)59-28-19-50(20-29-59)53-39-43-78-44-40-53)51-21-30-57(31-22-51)79-67-14-6-3-11-63(67)64-45-54(23-33-68(64)79)55-24-34-70-74(46-55)83-73-16-8-7-15-69(73)80(70)58-26-17-49(18-27-58)52-37-41-77-42-38-52/h1-48H. The van der Waals surface area contributed by atoms with Gasteiger partial charge in [0.15, 0.2) is 11.5 Å². The first kappa shape index (κ1) is 47.8. The first-order chi connectivity index (χ1) is 41.6. The van der Waals surface area contributed by atoms with Crippen LogP contribution in [0.4, 0.5) is 34.1 Å². The Morgan fingerprint density at radius 2 is 0.655 bits per heavy atom. The van der Waals surface area contributed by atoms with Crippen LogP contribution in [0.15, 0.2) is 301 Å². The van der Waals surface area contributed by atoms with E-state index in [1.165, 1.54) is 42.4 Å². The number of aromatic nitrogens is 4. The molecule has 0 aliphatic carbocycles. The number of benzene rings is 11. The van der Waals surface area contributed by atoms with Gasteiger partial charge in [0.1, 0.15) is 0 Å². The summed E-state index contributed by atoms with van der Waals surface area (Å²) in [4.78, 5) is 15.6. The smallest absolute Gasteiger partial charge is 0.152 e. The molecule has 0 saturated heterocycles. The molecule has 84 heavy (non-hydrogen) atoms. The average molecular weight is 1090 g/mol. The van der Waals surface area contributed by atoms with Gasteiger partial charge in [0.2, 0.25) is 0 Å². The van der Waals surface area contributed by atoms with E-state index in [9.17, 15) is 0 Å². The highest BCUT2D eigenvalue weighted by Gasteiger charge is 2.29. The maximum absolute atomic E-state index is 6.71. The number of nitrogens with zero attached hydrogens (tertiary/aromatic N) is 6. The van der Waals surface area contributed by atoms with E-state index in [4.69, 9.17) is 4.74 Å². The van der Waals surface area contributed by atoms with E-state index < -0.39 is 0 Å². The number of ether oxygens (including phenoxy) is 1. The maximum atomic E-state index is 6.71. The number of pyridine rings is 2. The van der Waals surface area contributed by atoms with E-state index in [1.54, 1.807) is 0 Å². The summed E-state index contributed by atoms with van der Waals surface area (Å²) in [6.07, 6.45) is 7.37. The number of hydrogen-bond donors (Lipinski definition) is 0. The highest BCUT2D eigenvalue weighted by molar-refractivity contribution is 7.99. The van der Waals surface area contributed by atoms with Crippen molar-refractivity contribution >= 4 is 89.5 Å². The molecule has 17 rings (SSSR count). The van der Waals surface area contributed by atoms with Crippen LogP contribution in [0.3, 0.4) is 0 Å². The van der Waals surface area contributed by atoms with Gasteiger partial charge in [0, 0.05) is 78.9 Å². The van der Waals surface area contributed by atoms with Crippen LogP contribution >= 0.6 is 11.8 Å². The summed E-state index contributed by atoms with van der Waals surface area (Å²) in [7, 11) is 0. The molecular formula is C76H48N6OS. The third kappa shape index (κ3) is 7.83. The lowest BCUT2D eigenvalue weighted by molar-refractivity contribution is 0.477. The lowest BCUT2D eigenvalue weighted by Gasteiger charge is -2.33. The Hall–Kier alpha value is -10.9. The van der Waals surface area contributed by atoms with Crippen molar-refractivity contribution in [3.63, 3.8) is 0 Å². The molecule has 0 radical (unpaired) electrons. The summed E-state index contributed by atoms with van der Waals surface area (Å²) in [5.74, 6) is 1.63. The largest absolute Gasteiger partial charge is 0.453 e. The molecule has 0 amide bonds. The Morgan fingerprint density at radius 1 is 0.262 bits per heavy atom. The zero-order valence-corrected chi connectivity index (χ0v) is 46.0. The highest BCUT2D eigenvalue weighted by atomic mass is 32.2.